The third kappa shape index (κ3) is 2.49. The fourth-order valence-corrected chi connectivity index (χ4v) is 3.72. The molecule has 18 heavy (non-hydrogen) atoms. The molecule has 2 aromatic rings. The van der Waals surface area contributed by atoms with E-state index in [1.165, 1.54) is 29.5 Å². The zero-order chi connectivity index (χ0) is 12.4. The summed E-state index contributed by atoms with van der Waals surface area (Å²) in [4.78, 5) is 14.7. The van der Waals surface area contributed by atoms with Gasteiger partial charge in [0.2, 0.25) is 10.9 Å². The van der Waals surface area contributed by atoms with Gasteiger partial charge >= 0.3 is 0 Å². The molecule has 3 heterocycles. The molecule has 1 aliphatic heterocycles. The molecule has 0 bridgehead atoms. The lowest BCUT2D eigenvalue weighted by Gasteiger charge is -2.26. The lowest BCUT2D eigenvalue weighted by Crippen LogP contribution is -2.36. The highest BCUT2D eigenvalue weighted by atomic mass is 32.2. The van der Waals surface area contributed by atoms with E-state index >= 15 is 0 Å². The highest BCUT2D eigenvalue weighted by Crippen LogP contribution is 2.24. The van der Waals surface area contributed by atoms with Crippen LogP contribution in [0, 0.1) is 0 Å². The van der Waals surface area contributed by atoms with Crippen LogP contribution in [0.15, 0.2) is 10.7 Å². The number of nitrogens with zero attached hydrogens (tertiary/aromatic N) is 5. The van der Waals surface area contributed by atoms with Crippen molar-refractivity contribution in [2.24, 2.45) is 0 Å². The molecular weight excluding hydrogens is 270 g/mol. The van der Waals surface area contributed by atoms with Gasteiger partial charge in [0, 0.05) is 13.1 Å². The van der Waals surface area contributed by atoms with Gasteiger partial charge in [0.25, 0.3) is 0 Å². The van der Waals surface area contributed by atoms with Crippen LogP contribution < -0.4 is 0 Å². The summed E-state index contributed by atoms with van der Waals surface area (Å²) in [7, 11) is 0. The maximum atomic E-state index is 12.0. The van der Waals surface area contributed by atoms with Crippen molar-refractivity contribution in [1.82, 2.24) is 24.7 Å². The first kappa shape index (κ1) is 11.9. The summed E-state index contributed by atoms with van der Waals surface area (Å²) >= 11 is 2.94. The highest BCUT2D eigenvalue weighted by Gasteiger charge is 2.17. The Bertz CT molecular complexity index is 517. The van der Waals surface area contributed by atoms with E-state index < -0.39 is 0 Å². The second-order valence-corrected chi connectivity index (χ2v) is 6.33. The molecule has 1 fully saturated rings. The molecule has 1 saturated heterocycles. The Hall–Kier alpha value is -1.15. The van der Waals surface area contributed by atoms with Crippen molar-refractivity contribution in [2.75, 3.05) is 18.8 Å². The number of thioether (sulfide) groups is 1. The summed E-state index contributed by atoms with van der Waals surface area (Å²) in [5.74, 6) is 0.676. The normalized spacial score (nSPS) is 16.3. The van der Waals surface area contributed by atoms with Gasteiger partial charge < -0.3 is 4.90 Å². The van der Waals surface area contributed by atoms with Crippen LogP contribution in [0.3, 0.4) is 0 Å². The molecule has 0 aliphatic carbocycles. The van der Waals surface area contributed by atoms with Gasteiger partial charge in [0.05, 0.1) is 5.75 Å². The topological polar surface area (TPSA) is 63.4 Å². The number of rotatable bonds is 3. The van der Waals surface area contributed by atoms with Crippen LogP contribution in [0.25, 0.3) is 4.96 Å². The molecule has 0 aromatic carbocycles. The number of likely N-dealkylation sites (tertiary alicyclic amines) is 1. The second-order valence-electron chi connectivity index (χ2n) is 4.16. The van der Waals surface area contributed by atoms with Crippen LogP contribution in [-0.4, -0.2) is 49.5 Å². The standard InChI is InChI=1S/C10H13N5OS2/c16-8(14-4-2-1-3-5-14)6-17-10-13-15-7-11-12-9(15)18-10/h7H,1-6H2. The summed E-state index contributed by atoms with van der Waals surface area (Å²) in [6, 6.07) is 0. The molecule has 8 heteroatoms. The van der Waals surface area contributed by atoms with E-state index in [9.17, 15) is 4.79 Å². The minimum atomic E-state index is 0.214. The van der Waals surface area contributed by atoms with Gasteiger partial charge in [-0.3, -0.25) is 4.79 Å². The molecular formula is C10H13N5OS2. The molecule has 0 atom stereocenters. The lowest BCUT2D eigenvalue weighted by atomic mass is 10.1. The third-order valence-corrected chi connectivity index (χ3v) is 4.93. The van der Waals surface area contributed by atoms with Gasteiger partial charge in [-0.1, -0.05) is 23.1 Å². The number of amides is 1. The Morgan fingerprint density at radius 3 is 3.00 bits per heavy atom. The van der Waals surface area contributed by atoms with Crippen molar-refractivity contribution < 1.29 is 4.79 Å². The van der Waals surface area contributed by atoms with E-state index in [2.05, 4.69) is 15.3 Å². The Morgan fingerprint density at radius 1 is 1.39 bits per heavy atom. The van der Waals surface area contributed by atoms with Crippen molar-refractivity contribution >= 4 is 34.0 Å². The second kappa shape index (κ2) is 5.23. The maximum absolute atomic E-state index is 12.0. The fraction of sp³-hybridized carbons (Fsp3) is 0.600. The summed E-state index contributed by atoms with van der Waals surface area (Å²) in [6.45, 7) is 1.81. The summed E-state index contributed by atoms with van der Waals surface area (Å²) in [6.07, 6.45) is 5.08. The Kier molecular flexibility index (Phi) is 3.46. The number of aromatic nitrogens is 4. The Balaban J connectivity index is 1.57. The molecule has 0 spiro atoms. The molecule has 96 valence electrons. The Labute approximate surface area is 112 Å². The first-order valence-corrected chi connectivity index (χ1v) is 7.70. The first-order valence-electron chi connectivity index (χ1n) is 5.90. The number of hydrogen-bond donors (Lipinski definition) is 0. The summed E-state index contributed by atoms with van der Waals surface area (Å²) in [5.41, 5.74) is 0. The number of hydrogen-bond acceptors (Lipinski definition) is 6. The maximum Gasteiger partial charge on any atom is 0.235 e. The monoisotopic (exact) mass is 283 g/mol. The van der Waals surface area contributed by atoms with Crippen LogP contribution in [0.2, 0.25) is 0 Å². The largest absolute Gasteiger partial charge is 0.342 e. The lowest BCUT2D eigenvalue weighted by molar-refractivity contribution is -0.129. The van der Waals surface area contributed by atoms with Gasteiger partial charge in [-0.05, 0) is 19.3 Å². The van der Waals surface area contributed by atoms with Gasteiger partial charge in [-0.15, -0.1) is 15.3 Å². The smallest absolute Gasteiger partial charge is 0.235 e. The van der Waals surface area contributed by atoms with E-state index in [1.54, 1.807) is 10.8 Å². The molecule has 6 nitrogen and oxygen atoms in total. The quantitative estimate of drug-likeness (QED) is 0.794. The first-order chi connectivity index (χ1) is 8.83. The predicted octanol–water partition coefficient (Wildman–Crippen LogP) is 1.29. The van der Waals surface area contributed by atoms with Gasteiger partial charge in [-0.2, -0.15) is 4.52 Å². The van der Waals surface area contributed by atoms with Crippen LogP contribution in [0.5, 0.6) is 0 Å². The van der Waals surface area contributed by atoms with E-state index in [0.29, 0.717) is 5.75 Å². The average Bonchev–Trinajstić information content (AvgIpc) is 2.97. The van der Waals surface area contributed by atoms with Gasteiger partial charge in [0.1, 0.15) is 6.33 Å². The summed E-state index contributed by atoms with van der Waals surface area (Å²) in [5, 5.41) is 12.0. The average molecular weight is 283 g/mol. The molecule has 3 rings (SSSR count). The number of carbonyl (C=O) groups is 1. The van der Waals surface area contributed by atoms with Gasteiger partial charge in [-0.25, -0.2) is 0 Å². The fourth-order valence-electron chi connectivity index (χ4n) is 1.96. The van der Waals surface area contributed by atoms with Crippen molar-refractivity contribution in [2.45, 2.75) is 23.6 Å². The van der Waals surface area contributed by atoms with Crippen molar-refractivity contribution in [3.05, 3.63) is 6.33 Å². The Morgan fingerprint density at radius 2 is 2.22 bits per heavy atom. The van der Waals surface area contributed by atoms with Crippen LogP contribution in [0.1, 0.15) is 19.3 Å². The van der Waals surface area contributed by atoms with Crippen LogP contribution in [0.4, 0.5) is 0 Å². The van der Waals surface area contributed by atoms with Crippen LogP contribution in [-0.2, 0) is 4.79 Å². The number of carbonyl (C=O) groups excluding carboxylic acids is 1. The SMILES string of the molecule is O=C(CSc1nn2cnnc2s1)N1CCCCC1. The minimum Gasteiger partial charge on any atom is -0.342 e. The molecule has 0 N–H and O–H groups in total. The van der Waals surface area contributed by atoms with Crippen molar-refractivity contribution in [1.29, 1.82) is 0 Å². The van der Waals surface area contributed by atoms with Gasteiger partial charge in [0.15, 0.2) is 4.34 Å². The predicted molar refractivity (Wildman–Crippen MR) is 69.8 cm³/mol. The van der Waals surface area contributed by atoms with Crippen molar-refractivity contribution in [3.63, 3.8) is 0 Å². The highest BCUT2D eigenvalue weighted by molar-refractivity contribution is 8.01. The molecule has 0 radical (unpaired) electrons. The van der Waals surface area contributed by atoms with E-state index in [4.69, 9.17) is 0 Å². The number of piperidine rings is 1. The zero-order valence-corrected chi connectivity index (χ0v) is 11.4. The zero-order valence-electron chi connectivity index (χ0n) is 9.78. The van der Waals surface area contributed by atoms with E-state index in [0.717, 1.165) is 35.2 Å². The molecule has 1 amide bonds. The van der Waals surface area contributed by atoms with E-state index in [-0.39, 0.29) is 5.91 Å². The molecule has 0 unspecified atom stereocenters. The van der Waals surface area contributed by atoms with E-state index in [1.807, 2.05) is 4.90 Å². The third-order valence-electron chi connectivity index (χ3n) is 2.90. The van der Waals surface area contributed by atoms with Crippen molar-refractivity contribution in [3.8, 4) is 0 Å². The summed E-state index contributed by atoms with van der Waals surface area (Å²) < 4.78 is 2.50. The molecule has 2 aromatic heterocycles. The minimum absolute atomic E-state index is 0.214. The van der Waals surface area contributed by atoms with Crippen LogP contribution >= 0.6 is 23.1 Å². The molecule has 0 saturated carbocycles. The number of fused-ring (bicyclic) bond motifs is 1. The molecule has 1 aliphatic rings.